The van der Waals surface area contributed by atoms with E-state index in [2.05, 4.69) is 17.3 Å². The minimum atomic E-state index is -0.754. The van der Waals surface area contributed by atoms with Gasteiger partial charge in [-0.2, -0.15) is 5.10 Å². The van der Waals surface area contributed by atoms with Gasteiger partial charge in [0.05, 0.1) is 12.7 Å². The minimum absolute atomic E-state index is 0.373. The third-order valence-electron chi connectivity index (χ3n) is 2.80. The molecule has 90 valence electrons. The lowest BCUT2D eigenvalue weighted by Crippen LogP contribution is -2.54. The molecule has 1 unspecified atom stereocenters. The lowest BCUT2D eigenvalue weighted by atomic mass is 10.0. The number of hydrogen-bond donors (Lipinski definition) is 2. The van der Waals surface area contributed by atoms with Gasteiger partial charge in [0.15, 0.2) is 0 Å². The highest BCUT2D eigenvalue weighted by atomic mass is 16.1. The molecule has 1 rings (SSSR count). The van der Waals surface area contributed by atoms with Crippen LogP contribution in [0.1, 0.15) is 25.8 Å². The van der Waals surface area contributed by atoms with Crippen molar-refractivity contribution in [3.8, 4) is 0 Å². The third-order valence-corrected chi connectivity index (χ3v) is 2.80. The van der Waals surface area contributed by atoms with E-state index in [1.165, 1.54) is 5.56 Å². The topological polar surface area (TPSA) is 72.9 Å². The third kappa shape index (κ3) is 2.82. The van der Waals surface area contributed by atoms with Gasteiger partial charge in [-0.3, -0.25) is 9.48 Å². The molecule has 3 N–H and O–H groups in total. The van der Waals surface area contributed by atoms with Gasteiger partial charge in [0.2, 0.25) is 5.91 Å². The Morgan fingerprint density at radius 1 is 1.69 bits per heavy atom. The average molecular weight is 224 g/mol. The maximum atomic E-state index is 11.3. The zero-order valence-electron chi connectivity index (χ0n) is 10.2. The van der Waals surface area contributed by atoms with E-state index in [0.717, 1.165) is 12.8 Å². The van der Waals surface area contributed by atoms with E-state index in [-0.39, 0.29) is 5.91 Å². The van der Waals surface area contributed by atoms with Crippen molar-refractivity contribution in [2.24, 2.45) is 5.73 Å². The van der Waals surface area contributed by atoms with E-state index in [1.807, 2.05) is 12.4 Å². The monoisotopic (exact) mass is 224 g/mol. The van der Waals surface area contributed by atoms with E-state index < -0.39 is 5.54 Å². The fourth-order valence-electron chi connectivity index (χ4n) is 1.51. The quantitative estimate of drug-likeness (QED) is 0.730. The van der Waals surface area contributed by atoms with Gasteiger partial charge < -0.3 is 11.1 Å². The lowest BCUT2D eigenvalue weighted by Gasteiger charge is -2.25. The summed E-state index contributed by atoms with van der Waals surface area (Å²) in [4.78, 5) is 11.3. The molecule has 1 atom stereocenters. The summed E-state index contributed by atoms with van der Waals surface area (Å²) in [5.74, 6) is -0.373. The molecule has 0 aromatic carbocycles. The molecule has 1 heterocycles. The number of primary amides is 1. The summed E-state index contributed by atoms with van der Waals surface area (Å²) in [5.41, 5.74) is 5.78. The molecule has 0 bridgehead atoms. The first-order chi connectivity index (χ1) is 7.51. The largest absolute Gasteiger partial charge is 0.368 e. The Hall–Kier alpha value is -1.36. The van der Waals surface area contributed by atoms with Crippen molar-refractivity contribution in [1.82, 2.24) is 15.1 Å². The number of amides is 1. The maximum Gasteiger partial charge on any atom is 0.239 e. The smallest absolute Gasteiger partial charge is 0.239 e. The van der Waals surface area contributed by atoms with Gasteiger partial charge in [-0.15, -0.1) is 0 Å². The summed E-state index contributed by atoms with van der Waals surface area (Å²) in [6.45, 7) is 4.34. The lowest BCUT2D eigenvalue weighted by molar-refractivity contribution is -0.124. The van der Waals surface area contributed by atoms with Crippen LogP contribution < -0.4 is 11.1 Å². The van der Waals surface area contributed by atoms with Crippen LogP contribution in [-0.4, -0.2) is 28.3 Å². The molecule has 1 aromatic rings. The normalized spacial score (nSPS) is 14.7. The highest BCUT2D eigenvalue weighted by Crippen LogP contribution is 2.08. The fourth-order valence-corrected chi connectivity index (χ4v) is 1.51. The van der Waals surface area contributed by atoms with E-state index in [1.54, 1.807) is 18.7 Å². The zero-order chi connectivity index (χ0) is 12.2. The van der Waals surface area contributed by atoms with Gasteiger partial charge in [-0.1, -0.05) is 13.3 Å². The highest BCUT2D eigenvalue weighted by Gasteiger charge is 2.29. The summed E-state index contributed by atoms with van der Waals surface area (Å²) in [5, 5.41) is 7.15. The predicted molar refractivity (Wildman–Crippen MR) is 62.9 cm³/mol. The van der Waals surface area contributed by atoms with Crippen LogP contribution >= 0.6 is 0 Å². The number of hydrogen-bond acceptors (Lipinski definition) is 3. The van der Waals surface area contributed by atoms with Crippen LogP contribution in [0.4, 0.5) is 0 Å². The fraction of sp³-hybridized carbons (Fsp3) is 0.636. The molecule has 5 nitrogen and oxygen atoms in total. The van der Waals surface area contributed by atoms with Crippen molar-refractivity contribution in [2.75, 3.05) is 7.05 Å². The zero-order valence-corrected chi connectivity index (χ0v) is 10.2. The van der Waals surface area contributed by atoms with Crippen molar-refractivity contribution in [1.29, 1.82) is 0 Å². The van der Waals surface area contributed by atoms with Crippen LogP contribution in [0.15, 0.2) is 12.4 Å². The van der Waals surface area contributed by atoms with Gasteiger partial charge in [-0.25, -0.2) is 0 Å². The number of aromatic nitrogens is 2. The molecule has 0 saturated heterocycles. The second-order valence-corrected chi connectivity index (χ2v) is 4.24. The molecule has 16 heavy (non-hydrogen) atoms. The molecular weight excluding hydrogens is 204 g/mol. The number of nitrogens with one attached hydrogen (secondary N) is 1. The maximum absolute atomic E-state index is 11.3. The number of likely N-dealkylation sites (N-methyl/N-ethyl adjacent to an activating group) is 1. The van der Waals surface area contributed by atoms with E-state index in [9.17, 15) is 4.79 Å². The van der Waals surface area contributed by atoms with E-state index in [0.29, 0.717) is 6.54 Å². The number of carbonyl (C=O) groups is 1. The molecule has 1 amide bonds. The van der Waals surface area contributed by atoms with Crippen LogP contribution in [0.3, 0.4) is 0 Å². The first kappa shape index (κ1) is 12.7. The first-order valence-electron chi connectivity index (χ1n) is 5.52. The molecule has 0 radical (unpaired) electrons. The van der Waals surface area contributed by atoms with Crippen LogP contribution in [0.5, 0.6) is 0 Å². The molecular formula is C11H20N4O. The Kier molecular flexibility index (Phi) is 4.06. The number of carbonyl (C=O) groups excluding carboxylic acids is 1. The second kappa shape index (κ2) is 5.12. The Morgan fingerprint density at radius 3 is 2.88 bits per heavy atom. The summed E-state index contributed by atoms with van der Waals surface area (Å²) >= 11 is 0. The van der Waals surface area contributed by atoms with Gasteiger partial charge in [0.1, 0.15) is 5.54 Å². The summed E-state index contributed by atoms with van der Waals surface area (Å²) in [7, 11) is 1.72. The van der Waals surface area contributed by atoms with Crippen LogP contribution in [0, 0.1) is 0 Å². The van der Waals surface area contributed by atoms with Crippen molar-refractivity contribution >= 4 is 5.91 Å². The number of nitrogens with two attached hydrogens (primary N) is 1. The average Bonchev–Trinajstić information content (AvgIpc) is 2.65. The molecule has 0 aliphatic heterocycles. The predicted octanol–water partition coefficient (Wildman–Crippen LogP) is 0.299. The molecule has 1 aromatic heterocycles. The summed E-state index contributed by atoms with van der Waals surface area (Å²) in [6.07, 6.45) is 5.89. The Morgan fingerprint density at radius 2 is 2.38 bits per heavy atom. The second-order valence-electron chi connectivity index (χ2n) is 4.24. The van der Waals surface area contributed by atoms with Crippen molar-refractivity contribution in [3.05, 3.63) is 18.0 Å². The van der Waals surface area contributed by atoms with Gasteiger partial charge in [-0.05, 0) is 26.0 Å². The van der Waals surface area contributed by atoms with Gasteiger partial charge in [0, 0.05) is 6.20 Å². The van der Waals surface area contributed by atoms with Crippen LogP contribution in [0.2, 0.25) is 0 Å². The van der Waals surface area contributed by atoms with Crippen molar-refractivity contribution in [3.63, 3.8) is 0 Å². The number of aryl methyl sites for hydroxylation is 1. The molecule has 0 aliphatic carbocycles. The van der Waals surface area contributed by atoms with E-state index >= 15 is 0 Å². The van der Waals surface area contributed by atoms with Crippen molar-refractivity contribution in [2.45, 2.75) is 38.8 Å². The Balaban J connectivity index is 2.74. The standard InChI is InChI=1S/C11H20N4O/c1-4-5-9-6-14-15(7-9)8-11(2,13-3)10(12)16/h6-7,13H,4-5,8H2,1-3H3,(H2,12,16). The van der Waals surface area contributed by atoms with Gasteiger partial charge in [0.25, 0.3) is 0 Å². The van der Waals surface area contributed by atoms with Crippen molar-refractivity contribution < 1.29 is 4.79 Å². The first-order valence-corrected chi connectivity index (χ1v) is 5.52. The Bertz CT molecular complexity index is 361. The molecule has 0 fully saturated rings. The number of nitrogens with zero attached hydrogens (tertiary/aromatic N) is 2. The molecule has 0 saturated carbocycles. The SMILES string of the molecule is CCCc1cnn(CC(C)(NC)C(N)=O)c1. The highest BCUT2D eigenvalue weighted by molar-refractivity contribution is 5.84. The Labute approximate surface area is 96.0 Å². The van der Waals surface area contributed by atoms with Crippen LogP contribution in [0.25, 0.3) is 0 Å². The molecule has 5 heteroatoms. The summed E-state index contributed by atoms with van der Waals surface area (Å²) in [6, 6.07) is 0. The van der Waals surface area contributed by atoms with E-state index in [4.69, 9.17) is 5.73 Å². The van der Waals surface area contributed by atoms with Crippen LogP contribution in [-0.2, 0) is 17.8 Å². The number of rotatable bonds is 6. The molecule has 0 aliphatic rings. The minimum Gasteiger partial charge on any atom is -0.368 e. The summed E-state index contributed by atoms with van der Waals surface area (Å²) < 4.78 is 1.76. The van der Waals surface area contributed by atoms with Gasteiger partial charge >= 0.3 is 0 Å². The molecule has 0 spiro atoms.